The fourth-order valence-corrected chi connectivity index (χ4v) is 2.86. The first-order valence-electron chi connectivity index (χ1n) is 9.45. The van der Waals surface area contributed by atoms with Gasteiger partial charge in [0.25, 0.3) is 0 Å². The molecule has 29 heavy (non-hydrogen) atoms. The number of pyridine rings is 1. The number of guanidine groups is 1. The van der Waals surface area contributed by atoms with Gasteiger partial charge < -0.3 is 15.5 Å². The van der Waals surface area contributed by atoms with Crippen molar-refractivity contribution in [3.8, 4) is 0 Å². The van der Waals surface area contributed by atoms with E-state index < -0.39 is 0 Å². The lowest BCUT2D eigenvalue weighted by atomic mass is 10.2. The third-order valence-electron chi connectivity index (χ3n) is 4.32. The van der Waals surface area contributed by atoms with Crippen LogP contribution in [0.15, 0.2) is 53.7 Å². The average molecular weight is 511 g/mol. The van der Waals surface area contributed by atoms with Crippen molar-refractivity contribution in [2.45, 2.75) is 19.9 Å². The average Bonchev–Trinajstić information content (AvgIpc) is 3.12. The quantitative estimate of drug-likeness (QED) is 0.211. The molecule has 2 N–H and O–H groups in total. The summed E-state index contributed by atoms with van der Waals surface area (Å²) in [6.45, 7) is 4.80. The minimum Gasteiger partial charge on any atom is -0.374 e. The van der Waals surface area contributed by atoms with Crippen LogP contribution in [-0.2, 0) is 6.54 Å². The van der Waals surface area contributed by atoms with Crippen molar-refractivity contribution in [2.75, 3.05) is 31.6 Å². The number of hydrogen-bond donors (Lipinski definition) is 2. The standard InChI is InChI=1S/C20H26FN7.HI/c1-3-22-20(24-15-19-26-25-18-10-4-5-13-28(18)19)23-11-7-12-27(2)17-9-6-8-16(21)14-17;/h4-6,8-10,13-14H,3,7,11-12,15H2,1-2H3,(H2,22,23,24);1H. The van der Waals surface area contributed by atoms with Crippen LogP contribution in [0.5, 0.6) is 0 Å². The predicted octanol–water partition coefficient (Wildman–Crippen LogP) is 3.07. The van der Waals surface area contributed by atoms with Crippen LogP contribution in [0.3, 0.4) is 0 Å². The highest BCUT2D eigenvalue weighted by molar-refractivity contribution is 14.0. The van der Waals surface area contributed by atoms with E-state index in [-0.39, 0.29) is 29.8 Å². The summed E-state index contributed by atoms with van der Waals surface area (Å²) in [5.41, 5.74) is 1.69. The smallest absolute Gasteiger partial charge is 0.191 e. The zero-order valence-corrected chi connectivity index (χ0v) is 19.0. The normalized spacial score (nSPS) is 11.2. The summed E-state index contributed by atoms with van der Waals surface area (Å²) < 4.78 is 15.3. The first kappa shape index (κ1) is 22.9. The molecule has 0 fully saturated rings. The van der Waals surface area contributed by atoms with E-state index in [4.69, 9.17) is 0 Å². The van der Waals surface area contributed by atoms with Crippen LogP contribution in [0.1, 0.15) is 19.2 Å². The molecule has 0 aliphatic carbocycles. The Bertz CT molecular complexity index is 928. The van der Waals surface area contributed by atoms with Crippen LogP contribution < -0.4 is 15.5 Å². The van der Waals surface area contributed by atoms with Crippen LogP contribution in [0, 0.1) is 5.82 Å². The molecule has 0 aliphatic rings. The molecule has 1 aromatic carbocycles. The molecule has 0 saturated carbocycles. The van der Waals surface area contributed by atoms with Gasteiger partial charge in [0.15, 0.2) is 17.4 Å². The van der Waals surface area contributed by atoms with Gasteiger partial charge in [0.05, 0.1) is 0 Å². The molecule has 0 spiro atoms. The van der Waals surface area contributed by atoms with Gasteiger partial charge in [-0.25, -0.2) is 9.38 Å². The summed E-state index contributed by atoms with van der Waals surface area (Å²) in [6.07, 6.45) is 2.83. The third-order valence-corrected chi connectivity index (χ3v) is 4.32. The fourth-order valence-electron chi connectivity index (χ4n) is 2.86. The Hall–Kier alpha value is -2.43. The highest BCUT2D eigenvalue weighted by Crippen LogP contribution is 2.13. The number of halogens is 2. The maximum Gasteiger partial charge on any atom is 0.191 e. The topological polar surface area (TPSA) is 69.8 Å². The van der Waals surface area contributed by atoms with Crippen LogP contribution in [0.2, 0.25) is 0 Å². The lowest BCUT2D eigenvalue weighted by molar-refractivity contribution is 0.626. The van der Waals surface area contributed by atoms with Crippen LogP contribution >= 0.6 is 24.0 Å². The molecule has 0 atom stereocenters. The second-order valence-corrected chi connectivity index (χ2v) is 6.42. The van der Waals surface area contributed by atoms with E-state index in [0.717, 1.165) is 49.2 Å². The molecule has 2 heterocycles. The molecule has 0 radical (unpaired) electrons. The van der Waals surface area contributed by atoms with E-state index in [1.165, 1.54) is 6.07 Å². The molecule has 156 valence electrons. The van der Waals surface area contributed by atoms with Gasteiger partial charge in [-0.2, -0.15) is 0 Å². The zero-order chi connectivity index (χ0) is 19.8. The lowest BCUT2D eigenvalue weighted by Crippen LogP contribution is -2.38. The largest absolute Gasteiger partial charge is 0.374 e. The van der Waals surface area contributed by atoms with Crippen molar-refractivity contribution >= 4 is 41.3 Å². The molecule has 0 amide bonds. The first-order chi connectivity index (χ1) is 13.7. The number of nitrogens with zero attached hydrogens (tertiary/aromatic N) is 5. The minimum atomic E-state index is -0.218. The SMILES string of the molecule is CCNC(=NCc1nnc2ccccn12)NCCCN(C)c1cccc(F)c1.I. The van der Waals surface area contributed by atoms with Gasteiger partial charge in [0.2, 0.25) is 0 Å². The number of fused-ring (bicyclic) bond motifs is 1. The fraction of sp³-hybridized carbons (Fsp3) is 0.350. The molecule has 3 rings (SSSR count). The highest BCUT2D eigenvalue weighted by Gasteiger charge is 2.05. The van der Waals surface area contributed by atoms with E-state index in [1.54, 1.807) is 12.1 Å². The number of aliphatic imine (C=N–C) groups is 1. The molecule has 0 bridgehead atoms. The van der Waals surface area contributed by atoms with Gasteiger partial charge in [-0.15, -0.1) is 34.2 Å². The molecule has 0 aliphatic heterocycles. The molecule has 9 heteroatoms. The van der Waals surface area contributed by atoms with Crippen LogP contribution in [0.4, 0.5) is 10.1 Å². The maximum atomic E-state index is 13.3. The van der Waals surface area contributed by atoms with Crippen molar-refractivity contribution in [3.05, 3.63) is 60.3 Å². The molecule has 0 unspecified atom stereocenters. The summed E-state index contributed by atoms with van der Waals surface area (Å²) >= 11 is 0. The monoisotopic (exact) mass is 511 g/mol. The summed E-state index contributed by atoms with van der Waals surface area (Å²) in [5, 5.41) is 14.9. The van der Waals surface area contributed by atoms with Gasteiger partial charge in [-0.3, -0.25) is 4.40 Å². The van der Waals surface area contributed by atoms with Crippen molar-refractivity contribution < 1.29 is 4.39 Å². The number of nitrogens with one attached hydrogen (secondary N) is 2. The third kappa shape index (κ3) is 6.55. The van der Waals surface area contributed by atoms with Crippen molar-refractivity contribution in [1.29, 1.82) is 0 Å². The van der Waals surface area contributed by atoms with Gasteiger partial charge >= 0.3 is 0 Å². The first-order valence-corrected chi connectivity index (χ1v) is 9.45. The molecular formula is C20H27FIN7. The zero-order valence-electron chi connectivity index (χ0n) is 16.7. The molecule has 7 nitrogen and oxygen atoms in total. The number of aromatic nitrogens is 3. The second kappa shape index (κ2) is 11.5. The van der Waals surface area contributed by atoms with Gasteiger partial charge in [0.1, 0.15) is 12.4 Å². The van der Waals surface area contributed by atoms with Crippen molar-refractivity contribution in [1.82, 2.24) is 25.2 Å². The molecular weight excluding hydrogens is 484 g/mol. The number of anilines is 1. The number of rotatable bonds is 8. The Morgan fingerprint density at radius 3 is 2.83 bits per heavy atom. The summed E-state index contributed by atoms with van der Waals surface area (Å²) in [5.74, 6) is 1.31. The van der Waals surface area contributed by atoms with Crippen LogP contribution in [-0.4, -0.2) is 47.2 Å². The van der Waals surface area contributed by atoms with E-state index in [0.29, 0.717) is 6.54 Å². The van der Waals surface area contributed by atoms with Gasteiger partial charge in [0, 0.05) is 38.6 Å². The maximum absolute atomic E-state index is 13.3. The Morgan fingerprint density at radius 2 is 2.03 bits per heavy atom. The van der Waals surface area contributed by atoms with E-state index in [2.05, 4.69) is 25.8 Å². The lowest BCUT2D eigenvalue weighted by Gasteiger charge is -2.19. The minimum absolute atomic E-state index is 0. The summed E-state index contributed by atoms with van der Waals surface area (Å²) in [7, 11) is 1.96. The molecule has 0 saturated heterocycles. The Balaban J connectivity index is 0.00000300. The number of hydrogen-bond acceptors (Lipinski definition) is 4. The van der Waals surface area contributed by atoms with Crippen molar-refractivity contribution in [2.24, 2.45) is 4.99 Å². The van der Waals surface area contributed by atoms with Gasteiger partial charge in [-0.1, -0.05) is 12.1 Å². The van der Waals surface area contributed by atoms with E-state index in [9.17, 15) is 4.39 Å². The Kier molecular flexibility index (Phi) is 9.10. The predicted molar refractivity (Wildman–Crippen MR) is 126 cm³/mol. The van der Waals surface area contributed by atoms with Crippen LogP contribution in [0.25, 0.3) is 5.65 Å². The molecule has 2 aromatic heterocycles. The Labute approximate surface area is 187 Å². The summed E-state index contributed by atoms with van der Waals surface area (Å²) in [4.78, 5) is 6.64. The summed E-state index contributed by atoms with van der Waals surface area (Å²) in [6, 6.07) is 12.4. The number of benzene rings is 1. The second-order valence-electron chi connectivity index (χ2n) is 6.42. The van der Waals surface area contributed by atoms with Gasteiger partial charge in [-0.05, 0) is 43.7 Å². The Morgan fingerprint density at radius 1 is 1.17 bits per heavy atom. The molecule has 3 aromatic rings. The van der Waals surface area contributed by atoms with E-state index in [1.807, 2.05) is 53.7 Å². The van der Waals surface area contributed by atoms with Crippen molar-refractivity contribution in [3.63, 3.8) is 0 Å². The van der Waals surface area contributed by atoms with E-state index >= 15 is 0 Å². The highest BCUT2D eigenvalue weighted by atomic mass is 127.